The molecule has 2 saturated heterocycles. The van der Waals surface area contributed by atoms with Crippen molar-refractivity contribution in [3.05, 3.63) is 35.4 Å². The van der Waals surface area contributed by atoms with E-state index in [2.05, 4.69) is 10.2 Å². The molecule has 23 heavy (non-hydrogen) atoms. The second-order valence-corrected chi connectivity index (χ2v) is 5.76. The van der Waals surface area contributed by atoms with Gasteiger partial charge in [-0.15, -0.1) is 0 Å². The Morgan fingerprint density at radius 3 is 2.48 bits per heavy atom. The van der Waals surface area contributed by atoms with Crippen molar-refractivity contribution in [3.63, 3.8) is 0 Å². The zero-order valence-electron chi connectivity index (χ0n) is 12.7. The highest BCUT2D eigenvalue weighted by Gasteiger charge is 2.30. The zero-order chi connectivity index (χ0) is 16.4. The molecule has 2 aliphatic rings. The number of amides is 2. The molecule has 0 unspecified atom stereocenters. The van der Waals surface area contributed by atoms with Crippen LogP contribution in [0.5, 0.6) is 0 Å². The number of benzene rings is 1. The first-order valence-electron chi connectivity index (χ1n) is 7.34. The van der Waals surface area contributed by atoms with Crippen LogP contribution in [-0.2, 0) is 14.3 Å². The van der Waals surface area contributed by atoms with Crippen LogP contribution in [0.3, 0.4) is 0 Å². The van der Waals surface area contributed by atoms with E-state index in [1.54, 1.807) is 13.1 Å². The number of anilines is 1. The van der Waals surface area contributed by atoms with Crippen LogP contribution in [0.4, 0.5) is 5.69 Å². The third-order valence-corrected chi connectivity index (χ3v) is 4.26. The molecule has 0 atom stereocenters. The molecular formula is C16H17N3O3S. The molecule has 0 bridgehead atoms. The number of nitrogens with zero attached hydrogens (tertiary/aromatic N) is 2. The lowest BCUT2D eigenvalue weighted by atomic mass is 10.1. The lowest BCUT2D eigenvalue weighted by molar-refractivity contribution is -0.128. The second-order valence-electron chi connectivity index (χ2n) is 5.37. The fourth-order valence-electron chi connectivity index (χ4n) is 2.52. The quantitative estimate of drug-likeness (QED) is 0.493. The Morgan fingerprint density at radius 2 is 1.83 bits per heavy atom. The molecular weight excluding hydrogens is 314 g/mol. The fourth-order valence-corrected chi connectivity index (χ4v) is 2.69. The van der Waals surface area contributed by atoms with Crippen molar-refractivity contribution in [1.82, 2.24) is 10.2 Å². The van der Waals surface area contributed by atoms with E-state index in [0.717, 1.165) is 37.6 Å². The van der Waals surface area contributed by atoms with Crippen LogP contribution >= 0.6 is 12.2 Å². The summed E-state index contributed by atoms with van der Waals surface area (Å²) in [6.45, 7) is 3.19. The molecule has 0 spiro atoms. The smallest absolute Gasteiger partial charge is 0.265 e. The molecule has 0 saturated carbocycles. The van der Waals surface area contributed by atoms with E-state index < -0.39 is 11.8 Å². The summed E-state index contributed by atoms with van der Waals surface area (Å²) in [4.78, 5) is 27.6. The van der Waals surface area contributed by atoms with E-state index >= 15 is 0 Å². The van der Waals surface area contributed by atoms with Gasteiger partial charge in [0, 0.05) is 25.8 Å². The lowest BCUT2D eigenvalue weighted by Gasteiger charge is -2.29. The minimum atomic E-state index is -0.463. The SMILES string of the molecule is CN1C(=O)/C(=C/c2ccc(N3CCOCC3)cc2)C(=O)NC1=S. The highest BCUT2D eigenvalue weighted by atomic mass is 32.1. The Kier molecular flexibility index (Phi) is 4.40. The second kappa shape index (κ2) is 6.47. The Morgan fingerprint density at radius 1 is 1.17 bits per heavy atom. The third kappa shape index (κ3) is 3.25. The van der Waals surface area contributed by atoms with Gasteiger partial charge in [0.05, 0.1) is 13.2 Å². The first kappa shape index (κ1) is 15.6. The summed E-state index contributed by atoms with van der Waals surface area (Å²) in [6, 6.07) is 7.76. The maximum absolute atomic E-state index is 12.2. The zero-order valence-corrected chi connectivity index (χ0v) is 13.6. The molecule has 6 nitrogen and oxygen atoms in total. The van der Waals surface area contributed by atoms with Gasteiger partial charge in [-0.05, 0) is 36.0 Å². The molecule has 7 heteroatoms. The number of carbonyl (C=O) groups is 2. The van der Waals surface area contributed by atoms with E-state index in [9.17, 15) is 9.59 Å². The van der Waals surface area contributed by atoms with Gasteiger partial charge < -0.3 is 9.64 Å². The highest BCUT2D eigenvalue weighted by Crippen LogP contribution is 2.19. The molecule has 2 aliphatic heterocycles. The van der Waals surface area contributed by atoms with Crippen LogP contribution in [-0.4, -0.2) is 55.2 Å². The van der Waals surface area contributed by atoms with Gasteiger partial charge in [0.2, 0.25) is 0 Å². The first-order valence-corrected chi connectivity index (χ1v) is 7.75. The largest absolute Gasteiger partial charge is 0.378 e. The van der Waals surface area contributed by atoms with Crippen molar-refractivity contribution in [3.8, 4) is 0 Å². The van der Waals surface area contributed by atoms with Crippen LogP contribution in [0.25, 0.3) is 6.08 Å². The molecule has 0 radical (unpaired) electrons. The summed E-state index contributed by atoms with van der Waals surface area (Å²) in [5.74, 6) is -0.855. The average molecular weight is 331 g/mol. The summed E-state index contributed by atoms with van der Waals surface area (Å²) in [6.07, 6.45) is 1.58. The predicted octanol–water partition coefficient (Wildman–Crippen LogP) is 0.780. The van der Waals surface area contributed by atoms with Crippen LogP contribution in [0, 0.1) is 0 Å². The number of morpholine rings is 1. The number of hydrogen-bond donors (Lipinski definition) is 1. The van der Waals surface area contributed by atoms with Crippen LogP contribution in [0.1, 0.15) is 5.56 Å². The molecule has 2 fully saturated rings. The van der Waals surface area contributed by atoms with Crippen molar-refractivity contribution in [2.24, 2.45) is 0 Å². The molecule has 0 aliphatic carbocycles. The molecule has 3 rings (SSSR count). The summed E-state index contributed by atoms with van der Waals surface area (Å²) < 4.78 is 5.34. The molecule has 2 amide bonds. The number of likely N-dealkylation sites (N-methyl/N-ethyl adjacent to an activating group) is 1. The lowest BCUT2D eigenvalue weighted by Crippen LogP contribution is -2.52. The molecule has 1 aromatic carbocycles. The Hall–Kier alpha value is -2.25. The first-order chi connectivity index (χ1) is 11.1. The monoisotopic (exact) mass is 331 g/mol. The predicted molar refractivity (Wildman–Crippen MR) is 91.0 cm³/mol. The van der Waals surface area contributed by atoms with Crippen LogP contribution < -0.4 is 10.2 Å². The van der Waals surface area contributed by atoms with Gasteiger partial charge in [0.25, 0.3) is 11.8 Å². The fraction of sp³-hybridized carbons (Fsp3) is 0.312. The van der Waals surface area contributed by atoms with Crippen molar-refractivity contribution >= 4 is 40.9 Å². The number of hydrogen-bond acceptors (Lipinski definition) is 5. The van der Waals surface area contributed by atoms with E-state index in [0.29, 0.717) is 0 Å². The highest BCUT2D eigenvalue weighted by molar-refractivity contribution is 7.80. The summed E-state index contributed by atoms with van der Waals surface area (Å²) in [7, 11) is 1.54. The van der Waals surface area contributed by atoms with Crippen LogP contribution in [0.2, 0.25) is 0 Å². The van der Waals surface area contributed by atoms with E-state index in [4.69, 9.17) is 17.0 Å². The Bertz CT molecular complexity index is 678. The van der Waals surface area contributed by atoms with Crippen molar-refractivity contribution in [2.45, 2.75) is 0 Å². The number of thiocarbonyl (C=S) groups is 1. The maximum Gasteiger partial charge on any atom is 0.265 e. The Labute approximate surface area is 139 Å². The molecule has 1 aromatic rings. The number of nitrogens with one attached hydrogen (secondary N) is 1. The minimum Gasteiger partial charge on any atom is -0.378 e. The molecule has 2 heterocycles. The minimum absolute atomic E-state index is 0.0835. The van der Waals surface area contributed by atoms with Crippen LogP contribution in [0.15, 0.2) is 29.8 Å². The summed E-state index contributed by atoms with van der Waals surface area (Å²) >= 11 is 4.92. The van der Waals surface area contributed by atoms with Gasteiger partial charge in [-0.3, -0.25) is 19.8 Å². The van der Waals surface area contributed by atoms with Gasteiger partial charge in [-0.25, -0.2) is 0 Å². The molecule has 0 aromatic heterocycles. The third-order valence-electron chi connectivity index (χ3n) is 3.89. The summed E-state index contributed by atoms with van der Waals surface area (Å²) in [5.41, 5.74) is 1.98. The standard InChI is InChI=1S/C16H17N3O3S/c1-18-15(21)13(14(20)17-16(18)23)10-11-2-4-12(5-3-11)19-6-8-22-9-7-19/h2-5,10H,6-9H2,1H3,(H,17,20,23)/b13-10+. The van der Waals surface area contributed by atoms with Crippen molar-refractivity contribution in [2.75, 3.05) is 38.3 Å². The number of carbonyl (C=O) groups excluding carboxylic acids is 2. The van der Waals surface area contributed by atoms with Gasteiger partial charge in [-0.2, -0.15) is 0 Å². The average Bonchev–Trinajstić information content (AvgIpc) is 2.58. The van der Waals surface area contributed by atoms with E-state index in [1.807, 2.05) is 24.3 Å². The van der Waals surface area contributed by atoms with Gasteiger partial charge in [-0.1, -0.05) is 12.1 Å². The number of ether oxygens (including phenoxy) is 1. The van der Waals surface area contributed by atoms with E-state index in [-0.39, 0.29) is 10.7 Å². The van der Waals surface area contributed by atoms with Gasteiger partial charge in [0.1, 0.15) is 5.57 Å². The van der Waals surface area contributed by atoms with E-state index in [1.165, 1.54) is 4.90 Å². The van der Waals surface area contributed by atoms with Crippen molar-refractivity contribution in [1.29, 1.82) is 0 Å². The summed E-state index contributed by atoms with van der Waals surface area (Å²) in [5, 5.41) is 2.62. The topological polar surface area (TPSA) is 61.9 Å². The van der Waals surface area contributed by atoms with Gasteiger partial charge >= 0.3 is 0 Å². The Balaban J connectivity index is 1.80. The van der Waals surface area contributed by atoms with Gasteiger partial charge in [0.15, 0.2) is 5.11 Å². The maximum atomic E-state index is 12.2. The normalized spacial score (nSPS) is 20.9. The van der Waals surface area contributed by atoms with Crippen molar-refractivity contribution < 1.29 is 14.3 Å². The molecule has 1 N–H and O–H groups in total. The number of rotatable bonds is 2. The molecule has 120 valence electrons.